The van der Waals surface area contributed by atoms with Gasteiger partial charge in [-0.1, -0.05) is 60.7 Å². The second-order valence-electron chi connectivity index (χ2n) is 9.31. The number of cyclic esters (lactones) is 1. The van der Waals surface area contributed by atoms with E-state index in [1.165, 1.54) is 4.90 Å². The molecule has 3 atom stereocenters. The average molecular weight is 449 g/mol. The van der Waals surface area contributed by atoms with Gasteiger partial charge in [-0.2, -0.15) is 0 Å². The fourth-order valence-electron chi connectivity index (χ4n) is 5.21. The van der Waals surface area contributed by atoms with Gasteiger partial charge in [0, 0.05) is 19.0 Å². The molecule has 3 aliphatic rings. The van der Waals surface area contributed by atoms with Gasteiger partial charge in [-0.25, -0.2) is 14.5 Å². The number of benzene rings is 2. The van der Waals surface area contributed by atoms with Gasteiger partial charge < -0.3 is 14.4 Å². The number of imide groups is 1. The van der Waals surface area contributed by atoms with Crippen molar-refractivity contribution in [3.8, 4) is 0 Å². The van der Waals surface area contributed by atoms with Gasteiger partial charge in [-0.15, -0.1) is 0 Å². The predicted molar refractivity (Wildman–Crippen MR) is 120 cm³/mol. The number of nitrogens with zero attached hydrogens (tertiary/aromatic N) is 2. The van der Waals surface area contributed by atoms with Crippen molar-refractivity contribution in [2.45, 2.75) is 44.9 Å². The molecule has 1 spiro atoms. The van der Waals surface area contributed by atoms with E-state index in [4.69, 9.17) is 9.47 Å². The van der Waals surface area contributed by atoms with Crippen LogP contribution >= 0.6 is 0 Å². The molecule has 2 aromatic carbocycles. The van der Waals surface area contributed by atoms with Crippen LogP contribution in [0.3, 0.4) is 0 Å². The first kappa shape index (κ1) is 21.5. The highest BCUT2D eigenvalue weighted by Crippen LogP contribution is 2.60. The molecule has 33 heavy (non-hydrogen) atoms. The minimum atomic E-state index is -0.565. The second kappa shape index (κ2) is 8.54. The quantitative estimate of drug-likeness (QED) is 0.687. The van der Waals surface area contributed by atoms with E-state index in [1.54, 1.807) is 4.90 Å². The summed E-state index contributed by atoms with van der Waals surface area (Å²) in [5.74, 6) is -0.337. The first-order valence-corrected chi connectivity index (χ1v) is 11.5. The normalized spacial score (nSPS) is 25.6. The molecule has 2 aromatic rings. The summed E-state index contributed by atoms with van der Waals surface area (Å²) >= 11 is 0. The number of carbonyl (C=O) groups is 3. The molecule has 2 saturated heterocycles. The fraction of sp³-hybridized carbons (Fsp3) is 0.423. The molecule has 2 heterocycles. The van der Waals surface area contributed by atoms with Crippen molar-refractivity contribution in [1.29, 1.82) is 0 Å². The highest BCUT2D eigenvalue weighted by Gasteiger charge is 2.62. The molecule has 0 N–H and O–H groups in total. The van der Waals surface area contributed by atoms with Gasteiger partial charge in [-0.05, 0) is 42.7 Å². The lowest BCUT2D eigenvalue weighted by Crippen LogP contribution is -2.43. The average Bonchev–Trinajstić information content (AvgIpc) is 3.46. The van der Waals surface area contributed by atoms with Crippen LogP contribution in [0.5, 0.6) is 0 Å². The van der Waals surface area contributed by atoms with Gasteiger partial charge in [0.15, 0.2) is 0 Å². The van der Waals surface area contributed by atoms with Crippen molar-refractivity contribution >= 4 is 18.1 Å². The summed E-state index contributed by atoms with van der Waals surface area (Å²) < 4.78 is 11.0. The van der Waals surface area contributed by atoms with Crippen molar-refractivity contribution in [3.05, 3.63) is 71.8 Å². The van der Waals surface area contributed by atoms with Crippen molar-refractivity contribution in [2.75, 3.05) is 13.1 Å². The van der Waals surface area contributed by atoms with E-state index in [2.05, 4.69) is 0 Å². The molecule has 0 radical (unpaired) electrons. The highest BCUT2D eigenvalue weighted by molar-refractivity contribution is 5.97. The number of hydrogen-bond donors (Lipinski definition) is 0. The molecule has 7 nitrogen and oxygen atoms in total. The van der Waals surface area contributed by atoms with E-state index in [0.717, 1.165) is 30.4 Å². The number of carbonyl (C=O) groups excluding carboxylic acids is 3. The standard InChI is InChI=1S/C26H28N2O5/c1-18-22(20-10-6-3-7-11-20)33-25(31)28(18)23(29)21-16-26(21)12-14-27(15-13-26)24(30)32-17-19-8-4-2-5-9-19/h2-11,18,21-22H,12-17H2,1H3/t18-,21?,22-/m1/s1. The minimum absolute atomic E-state index is 0.127. The molecule has 1 aliphatic carbocycles. The molecule has 1 saturated carbocycles. The zero-order chi connectivity index (χ0) is 23.0. The van der Waals surface area contributed by atoms with Gasteiger partial charge in [0.1, 0.15) is 12.7 Å². The molecule has 0 aromatic heterocycles. The Morgan fingerprint density at radius 3 is 2.33 bits per heavy atom. The Kier molecular flexibility index (Phi) is 5.56. The second-order valence-corrected chi connectivity index (χ2v) is 9.31. The monoisotopic (exact) mass is 448 g/mol. The third kappa shape index (κ3) is 4.08. The molecule has 3 fully saturated rings. The molecular formula is C26H28N2O5. The summed E-state index contributed by atoms with van der Waals surface area (Å²) in [5.41, 5.74) is 1.71. The Morgan fingerprint density at radius 2 is 1.67 bits per heavy atom. The Balaban J connectivity index is 1.15. The Labute approximate surface area is 193 Å². The number of amides is 3. The zero-order valence-corrected chi connectivity index (χ0v) is 18.7. The third-order valence-corrected chi connectivity index (χ3v) is 7.35. The first-order valence-electron chi connectivity index (χ1n) is 11.5. The van der Waals surface area contributed by atoms with Crippen LogP contribution in [0.4, 0.5) is 9.59 Å². The molecule has 2 aliphatic heterocycles. The van der Waals surface area contributed by atoms with E-state index in [9.17, 15) is 14.4 Å². The summed E-state index contributed by atoms with van der Waals surface area (Å²) in [6, 6.07) is 18.8. The Bertz CT molecular complexity index is 1030. The van der Waals surface area contributed by atoms with Crippen molar-refractivity contribution in [3.63, 3.8) is 0 Å². The van der Waals surface area contributed by atoms with Gasteiger partial charge >= 0.3 is 12.2 Å². The molecule has 7 heteroatoms. The third-order valence-electron chi connectivity index (χ3n) is 7.35. The van der Waals surface area contributed by atoms with Crippen LogP contribution in [0.25, 0.3) is 0 Å². The van der Waals surface area contributed by atoms with Crippen molar-refractivity contribution in [2.24, 2.45) is 11.3 Å². The number of piperidine rings is 1. The van der Waals surface area contributed by atoms with E-state index in [0.29, 0.717) is 13.1 Å². The van der Waals surface area contributed by atoms with Crippen LogP contribution < -0.4 is 0 Å². The molecule has 0 bridgehead atoms. The maximum atomic E-state index is 13.3. The lowest BCUT2D eigenvalue weighted by atomic mass is 9.90. The SMILES string of the molecule is C[C@@H]1[C@H](c2ccccc2)OC(=O)N1C(=O)C1CC12CCN(C(=O)OCc1ccccc1)CC2. The number of ether oxygens (including phenoxy) is 2. The lowest BCUT2D eigenvalue weighted by molar-refractivity contribution is -0.131. The van der Waals surface area contributed by atoms with Crippen molar-refractivity contribution in [1.82, 2.24) is 9.80 Å². The van der Waals surface area contributed by atoms with Crippen LogP contribution in [-0.4, -0.2) is 47.0 Å². The minimum Gasteiger partial charge on any atom is -0.445 e. The van der Waals surface area contributed by atoms with Gasteiger partial charge in [0.2, 0.25) is 5.91 Å². The molecular weight excluding hydrogens is 420 g/mol. The topological polar surface area (TPSA) is 76.2 Å². The van der Waals surface area contributed by atoms with Crippen LogP contribution in [0, 0.1) is 11.3 Å². The zero-order valence-electron chi connectivity index (χ0n) is 18.7. The smallest absolute Gasteiger partial charge is 0.417 e. The maximum Gasteiger partial charge on any atom is 0.417 e. The maximum absolute atomic E-state index is 13.3. The molecule has 172 valence electrons. The Hall–Kier alpha value is -3.35. The van der Waals surface area contributed by atoms with E-state index >= 15 is 0 Å². The summed E-state index contributed by atoms with van der Waals surface area (Å²) in [5, 5.41) is 0. The van der Waals surface area contributed by atoms with Gasteiger partial charge in [-0.3, -0.25) is 4.79 Å². The predicted octanol–water partition coefficient (Wildman–Crippen LogP) is 4.53. The lowest BCUT2D eigenvalue weighted by Gasteiger charge is -2.32. The van der Waals surface area contributed by atoms with Crippen LogP contribution in [0.2, 0.25) is 0 Å². The Morgan fingerprint density at radius 1 is 1.03 bits per heavy atom. The van der Waals surface area contributed by atoms with E-state index in [1.807, 2.05) is 67.6 Å². The summed E-state index contributed by atoms with van der Waals surface area (Å²) in [6.45, 7) is 3.23. The molecule has 5 rings (SSSR count). The number of likely N-dealkylation sites (tertiary alicyclic amines) is 1. The van der Waals surface area contributed by atoms with E-state index < -0.39 is 12.2 Å². The fourth-order valence-corrected chi connectivity index (χ4v) is 5.21. The largest absolute Gasteiger partial charge is 0.445 e. The van der Waals surface area contributed by atoms with E-state index in [-0.39, 0.29) is 36.0 Å². The first-order chi connectivity index (χ1) is 16.0. The van der Waals surface area contributed by atoms with Crippen LogP contribution in [0.15, 0.2) is 60.7 Å². The summed E-state index contributed by atoms with van der Waals surface area (Å²) in [6.07, 6.45) is 0.904. The van der Waals surface area contributed by atoms with Gasteiger partial charge in [0.25, 0.3) is 0 Å². The highest BCUT2D eigenvalue weighted by atomic mass is 16.6. The van der Waals surface area contributed by atoms with Crippen LogP contribution in [-0.2, 0) is 20.9 Å². The number of rotatable bonds is 4. The molecule has 1 unspecified atom stereocenters. The number of hydrogen-bond acceptors (Lipinski definition) is 5. The van der Waals surface area contributed by atoms with Gasteiger partial charge in [0.05, 0.1) is 6.04 Å². The summed E-state index contributed by atoms with van der Waals surface area (Å²) in [7, 11) is 0. The summed E-state index contributed by atoms with van der Waals surface area (Å²) in [4.78, 5) is 41.3. The molecule has 3 amide bonds. The van der Waals surface area contributed by atoms with Crippen molar-refractivity contribution < 1.29 is 23.9 Å². The van der Waals surface area contributed by atoms with Crippen LogP contribution in [0.1, 0.15) is 43.4 Å².